The van der Waals surface area contributed by atoms with Gasteiger partial charge in [-0.2, -0.15) is 17.4 Å². The lowest BCUT2D eigenvalue weighted by Gasteiger charge is -2.34. The zero-order valence-corrected chi connectivity index (χ0v) is 11.2. The molecule has 0 saturated heterocycles. The molecule has 0 aromatic rings. The van der Waals surface area contributed by atoms with Crippen LogP contribution >= 0.6 is 0 Å². The second-order valence-corrected chi connectivity index (χ2v) is 6.48. The fourth-order valence-electron chi connectivity index (χ4n) is 1.90. The molecule has 1 saturated carbocycles. The van der Waals surface area contributed by atoms with Gasteiger partial charge in [0.25, 0.3) is 10.2 Å². The summed E-state index contributed by atoms with van der Waals surface area (Å²) in [5.74, 6) is 0.655. The van der Waals surface area contributed by atoms with Crippen LogP contribution in [0, 0.1) is 5.92 Å². The van der Waals surface area contributed by atoms with E-state index in [1.165, 1.54) is 4.31 Å². The predicted octanol–water partition coefficient (Wildman–Crippen LogP) is 0.161. The van der Waals surface area contributed by atoms with E-state index in [9.17, 15) is 8.42 Å². The molecule has 6 heteroatoms. The molecule has 1 rings (SSSR count). The number of nitrogens with zero attached hydrogens (tertiary/aromatic N) is 1. The van der Waals surface area contributed by atoms with Crippen LogP contribution in [-0.4, -0.2) is 45.9 Å². The van der Waals surface area contributed by atoms with E-state index in [2.05, 4.69) is 17.0 Å². The van der Waals surface area contributed by atoms with Crippen LogP contribution in [-0.2, 0) is 10.2 Å². The number of hydrogen-bond acceptors (Lipinski definition) is 3. The molecule has 0 radical (unpaired) electrons. The highest BCUT2D eigenvalue weighted by atomic mass is 32.2. The van der Waals surface area contributed by atoms with Gasteiger partial charge in [-0.05, 0) is 38.8 Å². The summed E-state index contributed by atoms with van der Waals surface area (Å²) in [6.45, 7) is 3.53. The molecule has 0 heterocycles. The van der Waals surface area contributed by atoms with Crippen LogP contribution < -0.4 is 10.0 Å². The number of nitrogens with one attached hydrogen (secondary N) is 2. The SMILES string of the molecule is CNCCCN(C)S(=O)(=O)NC1CC(C)C1. The van der Waals surface area contributed by atoms with Crippen molar-refractivity contribution in [3.8, 4) is 0 Å². The molecule has 0 bridgehead atoms. The van der Waals surface area contributed by atoms with E-state index in [1.54, 1.807) is 7.05 Å². The molecule has 0 unspecified atom stereocenters. The molecule has 1 aliphatic carbocycles. The van der Waals surface area contributed by atoms with Gasteiger partial charge < -0.3 is 5.32 Å². The molecule has 0 aromatic carbocycles. The van der Waals surface area contributed by atoms with Crippen molar-refractivity contribution in [1.82, 2.24) is 14.3 Å². The van der Waals surface area contributed by atoms with Crippen molar-refractivity contribution in [2.24, 2.45) is 5.92 Å². The van der Waals surface area contributed by atoms with Gasteiger partial charge in [-0.1, -0.05) is 6.92 Å². The number of rotatable bonds is 7. The van der Waals surface area contributed by atoms with Crippen LogP contribution in [0.25, 0.3) is 0 Å². The van der Waals surface area contributed by atoms with Gasteiger partial charge in [0.15, 0.2) is 0 Å². The summed E-state index contributed by atoms with van der Waals surface area (Å²) in [7, 11) is 0.220. The average molecular weight is 249 g/mol. The van der Waals surface area contributed by atoms with Gasteiger partial charge in [0, 0.05) is 19.6 Å². The second kappa shape index (κ2) is 5.95. The van der Waals surface area contributed by atoms with Crippen molar-refractivity contribution in [2.45, 2.75) is 32.2 Å². The van der Waals surface area contributed by atoms with Crippen LogP contribution in [0.5, 0.6) is 0 Å². The molecule has 1 aliphatic rings. The normalized spacial score (nSPS) is 25.8. The van der Waals surface area contributed by atoms with Gasteiger partial charge in [0.2, 0.25) is 0 Å². The molecule has 0 spiro atoms. The predicted molar refractivity (Wildman–Crippen MR) is 65.4 cm³/mol. The summed E-state index contributed by atoms with van der Waals surface area (Å²) in [6, 6.07) is 0.145. The molecule has 0 amide bonds. The fraction of sp³-hybridized carbons (Fsp3) is 1.00. The molecule has 5 nitrogen and oxygen atoms in total. The van der Waals surface area contributed by atoms with Gasteiger partial charge in [-0.3, -0.25) is 0 Å². The molecule has 1 fully saturated rings. The first kappa shape index (κ1) is 13.9. The summed E-state index contributed by atoms with van der Waals surface area (Å²) >= 11 is 0. The average Bonchev–Trinajstić information content (AvgIpc) is 2.15. The van der Waals surface area contributed by atoms with Gasteiger partial charge >= 0.3 is 0 Å². The molecule has 96 valence electrons. The third-order valence-electron chi connectivity index (χ3n) is 3.00. The Morgan fingerprint density at radius 3 is 2.50 bits per heavy atom. The smallest absolute Gasteiger partial charge is 0.279 e. The van der Waals surface area contributed by atoms with E-state index >= 15 is 0 Å². The molecule has 0 aliphatic heterocycles. The zero-order chi connectivity index (χ0) is 12.2. The molecule has 0 atom stereocenters. The number of hydrogen-bond donors (Lipinski definition) is 2. The standard InChI is InChI=1S/C10H23N3O2S/c1-9-7-10(8-9)12-16(14,15)13(3)6-4-5-11-2/h9-12H,4-8H2,1-3H3. The van der Waals surface area contributed by atoms with Gasteiger partial charge in [-0.15, -0.1) is 0 Å². The molecular formula is C10H23N3O2S. The third-order valence-corrected chi connectivity index (χ3v) is 4.63. The van der Waals surface area contributed by atoms with E-state index in [0.717, 1.165) is 25.8 Å². The van der Waals surface area contributed by atoms with Crippen molar-refractivity contribution in [3.63, 3.8) is 0 Å². The minimum Gasteiger partial charge on any atom is -0.320 e. The van der Waals surface area contributed by atoms with Crippen molar-refractivity contribution >= 4 is 10.2 Å². The summed E-state index contributed by atoms with van der Waals surface area (Å²) < 4.78 is 27.8. The van der Waals surface area contributed by atoms with Crippen molar-refractivity contribution in [1.29, 1.82) is 0 Å². The summed E-state index contributed by atoms with van der Waals surface area (Å²) in [5.41, 5.74) is 0. The van der Waals surface area contributed by atoms with Crippen molar-refractivity contribution < 1.29 is 8.42 Å². The van der Waals surface area contributed by atoms with Gasteiger partial charge in [0.1, 0.15) is 0 Å². The zero-order valence-electron chi connectivity index (χ0n) is 10.4. The largest absolute Gasteiger partial charge is 0.320 e. The molecular weight excluding hydrogens is 226 g/mol. The van der Waals surface area contributed by atoms with Gasteiger partial charge in [0.05, 0.1) is 0 Å². The first-order valence-electron chi connectivity index (χ1n) is 5.84. The van der Waals surface area contributed by atoms with E-state index < -0.39 is 10.2 Å². The van der Waals surface area contributed by atoms with Crippen LogP contribution in [0.3, 0.4) is 0 Å². The maximum Gasteiger partial charge on any atom is 0.279 e. The Morgan fingerprint density at radius 2 is 2.00 bits per heavy atom. The highest BCUT2D eigenvalue weighted by Gasteiger charge is 2.30. The second-order valence-electron chi connectivity index (χ2n) is 4.68. The fourth-order valence-corrected chi connectivity index (χ4v) is 3.06. The Hall–Kier alpha value is -0.170. The Morgan fingerprint density at radius 1 is 1.38 bits per heavy atom. The van der Waals surface area contributed by atoms with Crippen LogP contribution in [0.15, 0.2) is 0 Å². The van der Waals surface area contributed by atoms with Crippen molar-refractivity contribution in [3.05, 3.63) is 0 Å². The quantitative estimate of drug-likeness (QED) is 0.632. The van der Waals surface area contributed by atoms with Crippen LogP contribution in [0.1, 0.15) is 26.2 Å². The first-order valence-corrected chi connectivity index (χ1v) is 7.28. The lowest BCUT2D eigenvalue weighted by Crippen LogP contribution is -2.48. The summed E-state index contributed by atoms with van der Waals surface area (Å²) in [4.78, 5) is 0. The van der Waals surface area contributed by atoms with E-state index in [4.69, 9.17) is 0 Å². The highest BCUT2D eigenvalue weighted by molar-refractivity contribution is 7.87. The Kier molecular flexibility index (Phi) is 5.17. The first-order chi connectivity index (χ1) is 7.45. The topological polar surface area (TPSA) is 61.4 Å². The molecule has 16 heavy (non-hydrogen) atoms. The Balaban J connectivity index is 2.31. The monoisotopic (exact) mass is 249 g/mol. The Labute approximate surface area is 98.8 Å². The van der Waals surface area contributed by atoms with Crippen molar-refractivity contribution in [2.75, 3.05) is 27.2 Å². The molecule has 0 aromatic heterocycles. The van der Waals surface area contributed by atoms with Crippen LogP contribution in [0.4, 0.5) is 0 Å². The van der Waals surface area contributed by atoms with E-state index in [1.807, 2.05) is 7.05 Å². The van der Waals surface area contributed by atoms with Crippen LogP contribution in [0.2, 0.25) is 0 Å². The van der Waals surface area contributed by atoms with E-state index in [0.29, 0.717) is 12.5 Å². The summed E-state index contributed by atoms with van der Waals surface area (Å²) in [5, 5.41) is 3.00. The highest BCUT2D eigenvalue weighted by Crippen LogP contribution is 2.26. The lowest BCUT2D eigenvalue weighted by atomic mass is 9.83. The summed E-state index contributed by atoms with van der Waals surface area (Å²) in [6.07, 6.45) is 2.75. The maximum atomic E-state index is 11.8. The third kappa shape index (κ3) is 4.01. The maximum absolute atomic E-state index is 11.8. The minimum atomic E-state index is -3.27. The Bertz CT molecular complexity index is 299. The molecule has 2 N–H and O–H groups in total. The minimum absolute atomic E-state index is 0.145. The van der Waals surface area contributed by atoms with E-state index in [-0.39, 0.29) is 6.04 Å². The lowest BCUT2D eigenvalue weighted by molar-refractivity contribution is 0.265. The van der Waals surface area contributed by atoms with Gasteiger partial charge in [-0.25, -0.2) is 0 Å².